The topological polar surface area (TPSA) is 35.5 Å². The lowest BCUT2D eigenvalue weighted by molar-refractivity contribution is 0.152. The van der Waals surface area contributed by atoms with E-state index in [1.807, 2.05) is 18.2 Å². The Hall–Kier alpha value is -2.29. The molecule has 2 aromatic carbocycles. The monoisotopic (exact) mass is 298 g/mol. The van der Waals surface area contributed by atoms with Crippen LogP contribution in [0.25, 0.3) is 0 Å². The summed E-state index contributed by atoms with van der Waals surface area (Å²) in [6, 6.07) is 16.5. The van der Waals surface area contributed by atoms with Crippen molar-refractivity contribution in [3.05, 3.63) is 60.2 Å². The third-order valence-corrected chi connectivity index (χ3v) is 3.39. The fourth-order valence-corrected chi connectivity index (χ4v) is 2.18. The van der Waals surface area contributed by atoms with Gasteiger partial charge < -0.3 is 9.47 Å². The Morgan fingerprint density at radius 3 is 2.09 bits per heavy atom. The van der Waals surface area contributed by atoms with Gasteiger partial charge >= 0.3 is 6.16 Å². The van der Waals surface area contributed by atoms with E-state index in [1.54, 1.807) is 36.4 Å². The van der Waals surface area contributed by atoms with Gasteiger partial charge in [-0.25, -0.2) is 4.79 Å². The van der Waals surface area contributed by atoms with E-state index < -0.39 is 6.16 Å². The third-order valence-electron chi connectivity index (χ3n) is 3.39. The summed E-state index contributed by atoms with van der Waals surface area (Å²) in [4.78, 5) is 11.7. The molecule has 3 nitrogen and oxygen atoms in total. The molecule has 0 atom stereocenters. The molecule has 0 bridgehead atoms. The number of aryl methyl sites for hydroxylation is 1. The summed E-state index contributed by atoms with van der Waals surface area (Å²) in [5.74, 6) is 0.971. The number of carbonyl (C=O) groups is 1. The molecule has 2 aromatic rings. The molecule has 3 heteroatoms. The third kappa shape index (κ3) is 5.60. The van der Waals surface area contributed by atoms with Crippen molar-refractivity contribution in [1.29, 1.82) is 0 Å². The average molecular weight is 298 g/mol. The number of para-hydroxylation sites is 1. The van der Waals surface area contributed by atoms with Gasteiger partial charge in [0.15, 0.2) is 0 Å². The Morgan fingerprint density at radius 1 is 0.818 bits per heavy atom. The number of rotatable bonds is 7. The second-order valence-electron chi connectivity index (χ2n) is 5.22. The van der Waals surface area contributed by atoms with Gasteiger partial charge in [0.1, 0.15) is 11.5 Å². The molecule has 0 amide bonds. The van der Waals surface area contributed by atoms with E-state index in [0.717, 1.165) is 6.42 Å². The van der Waals surface area contributed by atoms with Gasteiger partial charge in [0.05, 0.1) is 0 Å². The van der Waals surface area contributed by atoms with Gasteiger partial charge in [-0.15, -0.1) is 0 Å². The summed E-state index contributed by atoms with van der Waals surface area (Å²) >= 11 is 0. The van der Waals surface area contributed by atoms with E-state index in [1.165, 1.54) is 31.2 Å². The molecule has 22 heavy (non-hydrogen) atoms. The predicted octanol–water partition coefficient (Wildman–Crippen LogP) is 5.39. The smallest absolute Gasteiger partial charge is 0.395 e. The summed E-state index contributed by atoms with van der Waals surface area (Å²) in [5.41, 5.74) is 1.26. The first kappa shape index (κ1) is 16.1. The highest BCUT2D eigenvalue weighted by atomic mass is 16.7. The predicted molar refractivity (Wildman–Crippen MR) is 87.4 cm³/mol. The Kier molecular flexibility index (Phi) is 6.49. The lowest BCUT2D eigenvalue weighted by atomic mass is 10.1. The first-order valence-corrected chi connectivity index (χ1v) is 7.81. The zero-order valence-electron chi connectivity index (χ0n) is 13.0. The minimum Gasteiger partial charge on any atom is -0.395 e. The van der Waals surface area contributed by atoms with Crippen molar-refractivity contribution >= 4 is 6.16 Å². The second-order valence-corrected chi connectivity index (χ2v) is 5.22. The quantitative estimate of drug-likeness (QED) is 0.391. The number of hydrogen-bond donors (Lipinski definition) is 0. The SMILES string of the molecule is CCCCCCc1ccc(OC(=O)Oc2ccccc2)cc1. The van der Waals surface area contributed by atoms with E-state index in [4.69, 9.17) is 9.47 Å². The van der Waals surface area contributed by atoms with Crippen LogP contribution in [-0.4, -0.2) is 6.16 Å². The highest BCUT2D eigenvalue weighted by Gasteiger charge is 2.07. The summed E-state index contributed by atoms with van der Waals surface area (Å²) in [6.07, 6.45) is 5.33. The number of hydrogen-bond acceptors (Lipinski definition) is 3. The summed E-state index contributed by atoms with van der Waals surface area (Å²) in [5, 5.41) is 0. The maximum atomic E-state index is 11.7. The van der Waals surface area contributed by atoms with Gasteiger partial charge in [-0.2, -0.15) is 0 Å². The molecule has 0 saturated carbocycles. The largest absolute Gasteiger partial charge is 0.519 e. The van der Waals surface area contributed by atoms with Crippen LogP contribution in [0.1, 0.15) is 38.2 Å². The molecule has 0 fully saturated rings. The highest BCUT2D eigenvalue weighted by Crippen LogP contribution is 2.16. The van der Waals surface area contributed by atoms with Crippen molar-refractivity contribution in [2.45, 2.75) is 39.0 Å². The molecule has 116 valence electrons. The molecule has 0 aliphatic rings. The van der Waals surface area contributed by atoms with Crippen molar-refractivity contribution in [1.82, 2.24) is 0 Å². The molecule has 0 aliphatic heterocycles. The lowest BCUT2D eigenvalue weighted by Gasteiger charge is -2.06. The van der Waals surface area contributed by atoms with E-state index in [0.29, 0.717) is 11.5 Å². The van der Waals surface area contributed by atoms with Gasteiger partial charge in [-0.1, -0.05) is 56.5 Å². The van der Waals surface area contributed by atoms with Gasteiger partial charge in [-0.05, 0) is 42.7 Å². The van der Waals surface area contributed by atoms with Gasteiger partial charge in [-0.3, -0.25) is 0 Å². The second kappa shape index (κ2) is 8.88. The van der Waals surface area contributed by atoms with Crippen LogP contribution in [0.15, 0.2) is 54.6 Å². The van der Waals surface area contributed by atoms with Crippen molar-refractivity contribution in [3.8, 4) is 11.5 Å². The molecular weight excluding hydrogens is 276 g/mol. The zero-order valence-corrected chi connectivity index (χ0v) is 13.0. The molecule has 0 unspecified atom stereocenters. The van der Waals surface area contributed by atoms with Crippen LogP contribution in [0.2, 0.25) is 0 Å². The highest BCUT2D eigenvalue weighted by molar-refractivity contribution is 5.67. The van der Waals surface area contributed by atoms with Crippen LogP contribution in [-0.2, 0) is 6.42 Å². The Morgan fingerprint density at radius 2 is 1.45 bits per heavy atom. The van der Waals surface area contributed by atoms with Gasteiger partial charge in [0, 0.05) is 0 Å². The maximum absolute atomic E-state index is 11.7. The van der Waals surface area contributed by atoms with E-state index in [2.05, 4.69) is 6.92 Å². The fraction of sp³-hybridized carbons (Fsp3) is 0.316. The van der Waals surface area contributed by atoms with Crippen molar-refractivity contribution < 1.29 is 14.3 Å². The van der Waals surface area contributed by atoms with E-state index in [9.17, 15) is 4.79 Å². The van der Waals surface area contributed by atoms with Crippen LogP contribution >= 0.6 is 0 Å². The molecular formula is C19H22O3. The van der Waals surface area contributed by atoms with Crippen LogP contribution in [0.3, 0.4) is 0 Å². The normalized spacial score (nSPS) is 10.2. The van der Waals surface area contributed by atoms with Gasteiger partial charge in [0.2, 0.25) is 0 Å². The molecule has 0 N–H and O–H groups in total. The maximum Gasteiger partial charge on any atom is 0.519 e. The number of unbranched alkanes of at least 4 members (excludes halogenated alkanes) is 3. The molecule has 0 aliphatic carbocycles. The average Bonchev–Trinajstić information content (AvgIpc) is 2.54. The Labute approximate surface area is 131 Å². The molecule has 2 rings (SSSR count). The van der Waals surface area contributed by atoms with Crippen molar-refractivity contribution in [2.24, 2.45) is 0 Å². The van der Waals surface area contributed by atoms with Crippen LogP contribution in [0, 0.1) is 0 Å². The van der Waals surface area contributed by atoms with Crippen LogP contribution in [0.5, 0.6) is 11.5 Å². The van der Waals surface area contributed by atoms with Crippen molar-refractivity contribution in [3.63, 3.8) is 0 Å². The first-order valence-electron chi connectivity index (χ1n) is 7.81. The Balaban J connectivity index is 1.79. The van der Waals surface area contributed by atoms with E-state index in [-0.39, 0.29) is 0 Å². The number of carbonyl (C=O) groups excluding carboxylic acids is 1. The first-order chi connectivity index (χ1) is 10.8. The molecule has 0 saturated heterocycles. The van der Waals surface area contributed by atoms with Crippen molar-refractivity contribution in [2.75, 3.05) is 0 Å². The molecule has 0 heterocycles. The van der Waals surface area contributed by atoms with E-state index >= 15 is 0 Å². The number of ether oxygens (including phenoxy) is 2. The molecule has 0 aromatic heterocycles. The minimum atomic E-state index is -0.720. The number of benzene rings is 2. The Bertz CT molecular complexity index is 561. The minimum absolute atomic E-state index is 0.472. The molecule has 0 spiro atoms. The zero-order chi connectivity index (χ0) is 15.6. The van der Waals surface area contributed by atoms with Crippen LogP contribution < -0.4 is 9.47 Å². The fourth-order valence-electron chi connectivity index (χ4n) is 2.18. The standard InChI is InChI=1S/C19H22O3/c1-2-3-4-6-9-16-12-14-18(15-13-16)22-19(20)21-17-10-7-5-8-11-17/h5,7-8,10-15H,2-4,6,9H2,1H3. The summed E-state index contributed by atoms with van der Waals surface area (Å²) in [6.45, 7) is 2.21. The summed E-state index contributed by atoms with van der Waals surface area (Å²) < 4.78 is 10.2. The summed E-state index contributed by atoms with van der Waals surface area (Å²) in [7, 11) is 0. The lowest BCUT2D eigenvalue weighted by Crippen LogP contribution is -2.13. The molecule has 0 radical (unpaired) electrons. The van der Waals surface area contributed by atoms with Gasteiger partial charge in [0.25, 0.3) is 0 Å². The van der Waals surface area contributed by atoms with Crippen LogP contribution in [0.4, 0.5) is 4.79 Å².